The van der Waals surface area contributed by atoms with Crippen molar-refractivity contribution in [3.63, 3.8) is 0 Å². The van der Waals surface area contributed by atoms with Crippen molar-refractivity contribution in [3.8, 4) is 0 Å². The molecule has 0 aliphatic carbocycles. The fraction of sp³-hybridized carbons (Fsp3) is 0.556. The number of methoxy groups -OCH3 is 1. The summed E-state index contributed by atoms with van der Waals surface area (Å²) in [4.78, 5) is 21.8. The Hall–Kier alpha value is -1.36. The largest absolute Gasteiger partial charge is 0.465 e. The number of hydrogen-bond acceptors (Lipinski definition) is 5. The van der Waals surface area contributed by atoms with E-state index >= 15 is 0 Å². The number of esters is 1. The first-order chi connectivity index (χ1) is 6.44. The van der Waals surface area contributed by atoms with Crippen molar-refractivity contribution in [3.05, 3.63) is 11.8 Å². The van der Waals surface area contributed by atoms with Gasteiger partial charge in [0.05, 0.1) is 7.11 Å². The molecule has 5 nitrogen and oxygen atoms in total. The molecule has 14 heavy (non-hydrogen) atoms. The quantitative estimate of drug-likeness (QED) is 0.366. The third-order valence-electron chi connectivity index (χ3n) is 1.62. The Morgan fingerprint density at radius 1 is 1.50 bits per heavy atom. The van der Waals surface area contributed by atoms with Gasteiger partial charge in [-0.1, -0.05) is 0 Å². The van der Waals surface area contributed by atoms with E-state index in [-0.39, 0.29) is 6.61 Å². The van der Waals surface area contributed by atoms with Crippen LogP contribution in [0.2, 0.25) is 0 Å². The SMILES string of the molecule is COC(=O)C(=O)C=C1COC(C)(C)O1. The average molecular weight is 200 g/mol. The van der Waals surface area contributed by atoms with E-state index < -0.39 is 17.5 Å². The second-order valence-corrected chi connectivity index (χ2v) is 3.26. The molecule has 1 saturated heterocycles. The molecule has 0 saturated carbocycles. The first-order valence-corrected chi connectivity index (χ1v) is 4.10. The molecule has 78 valence electrons. The Bertz CT molecular complexity index is 290. The van der Waals surface area contributed by atoms with Crippen molar-refractivity contribution in [2.45, 2.75) is 19.6 Å². The highest BCUT2D eigenvalue weighted by molar-refractivity contribution is 6.38. The zero-order valence-corrected chi connectivity index (χ0v) is 8.33. The topological polar surface area (TPSA) is 61.8 Å². The lowest BCUT2D eigenvalue weighted by Gasteiger charge is -2.15. The van der Waals surface area contributed by atoms with Crippen LogP contribution in [0.15, 0.2) is 11.8 Å². The van der Waals surface area contributed by atoms with Crippen LogP contribution in [0.4, 0.5) is 0 Å². The third-order valence-corrected chi connectivity index (χ3v) is 1.62. The van der Waals surface area contributed by atoms with Crippen LogP contribution in [0.3, 0.4) is 0 Å². The van der Waals surface area contributed by atoms with E-state index in [9.17, 15) is 9.59 Å². The van der Waals surface area contributed by atoms with Gasteiger partial charge in [-0.15, -0.1) is 0 Å². The van der Waals surface area contributed by atoms with E-state index in [4.69, 9.17) is 9.47 Å². The molecule has 0 amide bonds. The highest BCUT2D eigenvalue weighted by Crippen LogP contribution is 2.24. The second-order valence-electron chi connectivity index (χ2n) is 3.26. The Labute approximate surface area is 81.6 Å². The second kappa shape index (κ2) is 3.79. The molecule has 1 aliphatic heterocycles. The summed E-state index contributed by atoms with van der Waals surface area (Å²) >= 11 is 0. The van der Waals surface area contributed by atoms with Crippen molar-refractivity contribution in [1.29, 1.82) is 0 Å². The summed E-state index contributed by atoms with van der Waals surface area (Å²) in [5.74, 6) is -2.05. The number of ketones is 1. The normalized spacial score (nSPS) is 21.8. The summed E-state index contributed by atoms with van der Waals surface area (Å²) in [5, 5.41) is 0. The van der Waals surface area contributed by atoms with Crippen LogP contribution in [0, 0.1) is 0 Å². The van der Waals surface area contributed by atoms with Crippen molar-refractivity contribution in [2.24, 2.45) is 0 Å². The number of carbonyl (C=O) groups excluding carboxylic acids is 2. The molecule has 0 radical (unpaired) electrons. The average Bonchev–Trinajstić information content (AvgIpc) is 2.44. The molecule has 1 aliphatic rings. The number of ether oxygens (including phenoxy) is 3. The van der Waals surface area contributed by atoms with Gasteiger partial charge in [0.25, 0.3) is 5.78 Å². The van der Waals surface area contributed by atoms with Crippen LogP contribution in [-0.4, -0.2) is 31.3 Å². The van der Waals surface area contributed by atoms with E-state index in [0.29, 0.717) is 5.76 Å². The van der Waals surface area contributed by atoms with Gasteiger partial charge in [0.15, 0.2) is 0 Å². The first-order valence-electron chi connectivity index (χ1n) is 4.10. The summed E-state index contributed by atoms with van der Waals surface area (Å²) < 4.78 is 14.6. The highest BCUT2D eigenvalue weighted by Gasteiger charge is 2.30. The van der Waals surface area contributed by atoms with Crippen molar-refractivity contribution in [2.75, 3.05) is 13.7 Å². The summed E-state index contributed by atoms with van der Waals surface area (Å²) in [6.45, 7) is 3.63. The van der Waals surface area contributed by atoms with Gasteiger partial charge >= 0.3 is 5.97 Å². The van der Waals surface area contributed by atoms with E-state index in [2.05, 4.69) is 4.74 Å². The monoisotopic (exact) mass is 200 g/mol. The number of rotatable bonds is 2. The molecule has 1 fully saturated rings. The summed E-state index contributed by atoms with van der Waals surface area (Å²) in [7, 11) is 1.15. The molecule has 0 unspecified atom stereocenters. The van der Waals surface area contributed by atoms with Crippen LogP contribution >= 0.6 is 0 Å². The molecular weight excluding hydrogens is 188 g/mol. The van der Waals surface area contributed by atoms with Gasteiger partial charge < -0.3 is 14.2 Å². The Kier molecular flexibility index (Phi) is 2.90. The van der Waals surface area contributed by atoms with Crippen LogP contribution in [0.5, 0.6) is 0 Å². The molecule has 1 heterocycles. The third kappa shape index (κ3) is 2.56. The van der Waals surface area contributed by atoms with Gasteiger partial charge in [-0.2, -0.15) is 0 Å². The van der Waals surface area contributed by atoms with Gasteiger partial charge in [-0.25, -0.2) is 4.79 Å². The minimum Gasteiger partial charge on any atom is -0.465 e. The fourth-order valence-corrected chi connectivity index (χ4v) is 0.996. The predicted molar refractivity (Wildman–Crippen MR) is 46.2 cm³/mol. The summed E-state index contributed by atoms with van der Waals surface area (Å²) in [6.07, 6.45) is 1.08. The molecule has 0 N–H and O–H groups in total. The number of carbonyl (C=O) groups is 2. The van der Waals surface area contributed by atoms with E-state index in [0.717, 1.165) is 13.2 Å². The molecule has 5 heteroatoms. The molecule has 0 aromatic rings. The smallest absolute Gasteiger partial charge is 0.378 e. The molecule has 0 aromatic carbocycles. The molecule has 0 spiro atoms. The predicted octanol–water partition coefficient (Wildman–Crippen LogP) is 0.395. The van der Waals surface area contributed by atoms with E-state index in [1.165, 1.54) is 0 Å². The van der Waals surface area contributed by atoms with Gasteiger partial charge in [-0.3, -0.25) is 4.79 Å². The van der Waals surface area contributed by atoms with Crippen molar-refractivity contribution >= 4 is 11.8 Å². The maximum atomic E-state index is 11.1. The Morgan fingerprint density at radius 2 is 2.14 bits per heavy atom. The highest BCUT2D eigenvalue weighted by atomic mass is 16.7. The lowest BCUT2D eigenvalue weighted by atomic mass is 10.3. The molecular formula is C9H12O5. The lowest BCUT2D eigenvalue weighted by molar-refractivity contribution is -0.149. The van der Waals surface area contributed by atoms with Crippen LogP contribution < -0.4 is 0 Å². The zero-order valence-electron chi connectivity index (χ0n) is 8.33. The van der Waals surface area contributed by atoms with Gasteiger partial charge in [0, 0.05) is 19.9 Å². The van der Waals surface area contributed by atoms with Gasteiger partial charge in [0.2, 0.25) is 5.79 Å². The maximum absolute atomic E-state index is 11.1. The van der Waals surface area contributed by atoms with Crippen molar-refractivity contribution < 1.29 is 23.8 Å². The van der Waals surface area contributed by atoms with Gasteiger partial charge in [-0.05, 0) is 0 Å². The van der Waals surface area contributed by atoms with Crippen molar-refractivity contribution in [1.82, 2.24) is 0 Å². The molecule has 0 aromatic heterocycles. The molecule has 1 rings (SSSR count). The van der Waals surface area contributed by atoms with E-state index in [1.807, 2.05) is 0 Å². The van der Waals surface area contributed by atoms with Gasteiger partial charge in [0.1, 0.15) is 12.4 Å². The van der Waals surface area contributed by atoms with Crippen LogP contribution in [-0.2, 0) is 23.8 Å². The molecule has 0 bridgehead atoms. The standard InChI is InChI=1S/C9H12O5/c1-9(2)13-5-6(14-9)4-7(10)8(11)12-3/h4H,5H2,1-3H3. The Morgan fingerprint density at radius 3 is 2.57 bits per heavy atom. The fourth-order valence-electron chi connectivity index (χ4n) is 0.996. The number of hydrogen-bond donors (Lipinski definition) is 0. The minimum absolute atomic E-state index is 0.190. The summed E-state index contributed by atoms with van der Waals surface area (Å²) in [5.41, 5.74) is 0. The summed E-state index contributed by atoms with van der Waals surface area (Å²) in [6, 6.07) is 0. The maximum Gasteiger partial charge on any atom is 0.378 e. The minimum atomic E-state index is -0.911. The lowest BCUT2D eigenvalue weighted by Crippen LogP contribution is -2.19. The van der Waals surface area contributed by atoms with E-state index in [1.54, 1.807) is 13.8 Å². The zero-order chi connectivity index (χ0) is 10.8. The van der Waals surface area contributed by atoms with Crippen LogP contribution in [0.1, 0.15) is 13.8 Å². The Balaban J connectivity index is 2.63. The van der Waals surface area contributed by atoms with Crippen LogP contribution in [0.25, 0.3) is 0 Å². The first kappa shape index (κ1) is 10.7. The molecule has 0 atom stereocenters.